The molecule has 0 spiro atoms. The molecule has 0 aliphatic heterocycles. The lowest BCUT2D eigenvalue weighted by Crippen LogP contribution is -2.28. The minimum Gasteiger partial charge on any atom is -0.349 e. The van der Waals surface area contributed by atoms with Crippen molar-refractivity contribution >= 4 is 5.91 Å². The van der Waals surface area contributed by atoms with Crippen molar-refractivity contribution in [1.29, 1.82) is 0 Å². The van der Waals surface area contributed by atoms with Gasteiger partial charge < -0.3 is 5.32 Å². The van der Waals surface area contributed by atoms with Crippen LogP contribution in [-0.2, 0) is 4.79 Å². The van der Waals surface area contributed by atoms with Crippen LogP contribution >= 0.6 is 0 Å². The summed E-state index contributed by atoms with van der Waals surface area (Å²) in [6.45, 7) is 1.92. The molecule has 3 heteroatoms. The van der Waals surface area contributed by atoms with E-state index in [2.05, 4.69) is 17.4 Å². The fourth-order valence-electron chi connectivity index (χ4n) is 2.71. The van der Waals surface area contributed by atoms with Crippen molar-refractivity contribution < 1.29 is 9.18 Å². The van der Waals surface area contributed by atoms with Crippen molar-refractivity contribution in [2.45, 2.75) is 25.3 Å². The largest absolute Gasteiger partial charge is 0.349 e. The Hall–Kier alpha value is -2.16. The van der Waals surface area contributed by atoms with Crippen molar-refractivity contribution in [3.8, 4) is 0 Å². The fourth-order valence-corrected chi connectivity index (χ4v) is 2.71. The molecule has 0 aromatic heterocycles. The summed E-state index contributed by atoms with van der Waals surface area (Å²) in [5, 5.41) is 3.02. The zero-order chi connectivity index (χ0) is 14.8. The van der Waals surface area contributed by atoms with Gasteiger partial charge in [0.25, 0.3) is 0 Å². The molecule has 3 rings (SSSR count). The zero-order valence-corrected chi connectivity index (χ0v) is 11.9. The van der Waals surface area contributed by atoms with Crippen LogP contribution in [0, 0.1) is 11.7 Å². The summed E-state index contributed by atoms with van der Waals surface area (Å²) < 4.78 is 12.9. The van der Waals surface area contributed by atoms with Gasteiger partial charge in [-0.15, -0.1) is 0 Å². The highest BCUT2D eigenvalue weighted by atomic mass is 19.1. The second kappa shape index (κ2) is 5.68. The van der Waals surface area contributed by atoms with Crippen LogP contribution in [0.15, 0.2) is 54.6 Å². The van der Waals surface area contributed by atoms with Crippen LogP contribution in [-0.4, -0.2) is 5.91 Å². The molecule has 3 atom stereocenters. The van der Waals surface area contributed by atoms with E-state index in [9.17, 15) is 9.18 Å². The molecule has 1 aliphatic rings. The number of halogens is 1. The Morgan fingerprint density at radius 2 is 1.81 bits per heavy atom. The number of amides is 1. The van der Waals surface area contributed by atoms with Crippen molar-refractivity contribution in [2.24, 2.45) is 5.92 Å². The zero-order valence-electron chi connectivity index (χ0n) is 11.9. The van der Waals surface area contributed by atoms with Gasteiger partial charge in [-0.3, -0.25) is 4.79 Å². The van der Waals surface area contributed by atoms with Gasteiger partial charge in [0.2, 0.25) is 5.91 Å². The summed E-state index contributed by atoms with van der Waals surface area (Å²) >= 11 is 0. The maximum atomic E-state index is 12.9. The first-order valence-corrected chi connectivity index (χ1v) is 7.26. The van der Waals surface area contributed by atoms with E-state index < -0.39 is 0 Å². The van der Waals surface area contributed by atoms with E-state index in [-0.39, 0.29) is 23.7 Å². The lowest BCUT2D eigenvalue weighted by Gasteiger charge is -2.14. The molecule has 2 nitrogen and oxygen atoms in total. The number of carbonyl (C=O) groups excluding carboxylic acids is 1. The van der Waals surface area contributed by atoms with E-state index >= 15 is 0 Å². The first-order valence-electron chi connectivity index (χ1n) is 7.26. The van der Waals surface area contributed by atoms with Crippen LogP contribution in [0.2, 0.25) is 0 Å². The Morgan fingerprint density at radius 3 is 2.48 bits per heavy atom. The number of carbonyl (C=O) groups is 1. The summed E-state index contributed by atoms with van der Waals surface area (Å²) in [6.07, 6.45) is 0.909. The van der Waals surface area contributed by atoms with Crippen LogP contribution in [0.1, 0.15) is 36.4 Å². The second-order valence-corrected chi connectivity index (χ2v) is 5.64. The van der Waals surface area contributed by atoms with Gasteiger partial charge in [0.1, 0.15) is 5.82 Å². The van der Waals surface area contributed by atoms with Gasteiger partial charge in [-0.2, -0.15) is 0 Å². The highest BCUT2D eigenvalue weighted by Crippen LogP contribution is 2.47. The van der Waals surface area contributed by atoms with Crippen LogP contribution in [0.25, 0.3) is 0 Å². The lowest BCUT2D eigenvalue weighted by molar-refractivity contribution is -0.123. The first-order chi connectivity index (χ1) is 10.1. The van der Waals surface area contributed by atoms with E-state index in [0.717, 1.165) is 12.0 Å². The van der Waals surface area contributed by atoms with Gasteiger partial charge in [-0.25, -0.2) is 4.39 Å². The second-order valence-electron chi connectivity index (χ2n) is 5.64. The summed E-state index contributed by atoms with van der Waals surface area (Å²) in [7, 11) is 0. The van der Waals surface area contributed by atoms with Crippen LogP contribution in [0.4, 0.5) is 4.39 Å². The third-order valence-electron chi connectivity index (χ3n) is 4.08. The van der Waals surface area contributed by atoms with E-state index in [1.54, 1.807) is 12.1 Å². The number of hydrogen-bond donors (Lipinski definition) is 1. The minimum absolute atomic E-state index is 0.0651. The smallest absolute Gasteiger partial charge is 0.224 e. The van der Waals surface area contributed by atoms with Crippen molar-refractivity contribution in [3.63, 3.8) is 0 Å². The number of hydrogen-bond acceptors (Lipinski definition) is 1. The topological polar surface area (TPSA) is 29.1 Å². The molecule has 0 bridgehead atoms. The quantitative estimate of drug-likeness (QED) is 0.908. The molecule has 1 aliphatic carbocycles. The average Bonchev–Trinajstić information content (AvgIpc) is 3.29. The monoisotopic (exact) mass is 283 g/mol. The minimum atomic E-state index is -0.261. The molecule has 1 fully saturated rings. The average molecular weight is 283 g/mol. The summed E-state index contributed by atoms with van der Waals surface area (Å²) in [5.41, 5.74) is 2.15. The molecule has 1 N–H and O–H groups in total. The van der Waals surface area contributed by atoms with E-state index in [0.29, 0.717) is 5.92 Å². The lowest BCUT2D eigenvalue weighted by atomic mass is 10.1. The number of nitrogens with one attached hydrogen (secondary N) is 1. The van der Waals surface area contributed by atoms with Crippen molar-refractivity contribution in [3.05, 3.63) is 71.5 Å². The van der Waals surface area contributed by atoms with Crippen LogP contribution in [0.5, 0.6) is 0 Å². The molecule has 0 unspecified atom stereocenters. The van der Waals surface area contributed by atoms with Gasteiger partial charge in [0, 0.05) is 5.92 Å². The summed E-state index contributed by atoms with van der Waals surface area (Å²) in [4.78, 5) is 12.3. The van der Waals surface area contributed by atoms with Gasteiger partial charge in [-0.1, -0.05) is 42.5 Å². The maximum Gasteiger partial charge on any atom is 0.224 e. The summed E-state index contributed by atoms with van der Waals surface area (Å²) in [6, 6.07) is 16.3. The predicted octanol–water partition coefficient (Wildman–Crippen LogP) is 3.81. The van der Waals surface area contributed by atoms with Gasteiger partial charge in [0.15, 0.2) is 0 Å². The Labute approximate surface area is 124 Å². The van der Waals surface area contributed by atoms with Crippen molar-refractivity contribution in [2.75, 3.05) is 0 Å². The summed E-state index contributed by atoms with van der Waals surface area (Å²) in [5.74, 6) is 0.228. The Kier molecular flexibility index (Phi) is 3.74. The molecule has 108 valence electrons. The Morgan fingerprint density at radius 1 is 1.14 bits per heavy atom. The molecule has 21 heavy (non-hydrogen) atoms. The molecule has 0 heterocycles. The molecule has 1 saturated carbocycles. The molecular weight excluding hydrogens is 265 g/mol. The van der Waals surface area contributed by atoms with Gasteiger partial charge in [-0.05, 0) is 42.5 Å². The Bertz CT molecular complexity index is 623. The third-order valence-corrected chi connectivity index (χ3v) is 4.08. The Balaban J connectivity index is 1.59. The molecular formula is C18H18FNO. The standard InChI is InChI=1S/C18H18FNO/c1-12(13-7-9-15(19)10-8-13)20-18(21)17-11-16(17)14-5-3-2-4-6-14/h2-10,12,16-17H,11H2,1H3,(H,20,21)/t12-,16+,17-/m0/s1. The van der Waals surface area contributed by atoms with Crippen molar-refractivity contribution in [1.82, 2.24) is 5.32 Å². The van der Waals surface area contributed by atoms with Crippen LogP contribution in [0.3, 0.4) is 0 Å². The van der Waals surface area contributed by atoms with E-state index in [1.807, 2.05) is 25.1 Å². The molecule has 0 radical (unpaired) electrons. The molecule has 2 aromatic rings. The molecule has 2 aromatic carbocycles. The van der Waals surface area contributed by atoms with Gasteiger partial charge >= 0.3 is 0 Å². The molecule has 1 amide bonds. The number of rotatable bonds is 4. The van der Waals surface area contributed by atoms with Crippen LogP contribution < -0.4 is 5.32 Å². The van der Waals surface area contributed by atoms with E-state index in [4.69, 9.17) is 0 Å². The highest BCUT2D eigenvalue weighted by molar-refractivity contribution is 5.83. The van der Waals surface area contributed by atoms with E-state index in [1.165, 1.54) is 17.7 Å². The fraction of sp³-hybridized carbons (Fsp3) is 0.278. The maximum absolute atomic E-state index is 12.9. The number of benzene rings is 2. The molecule has 0 saturated heterocycles. The predicted molar refractivity (Wildman–Crippen MR) is 80.2 cm³/mol. The normalized spacial score (nSPS) is 21.6. The highest BCUT2D eigenvalue weighted by Gasteiger charge is 2.44. The van der Waals surface area contributed by atoms with Gasteiger partial charge in [0.05, 0.1) is 6.04 Å². The third kappa shape index (κ3) is 3.13. The SMILES string of the molecule is C[C@H](NC(=O)[C@H]1C[C@@H]1c1ccccc1)c1ccc(F)cc1. The first kappa shape index (κ1) is 13.8.